The van der Waals surface area contributed by atoms with E-state index in [9.17, 15) is 29.4 Å². The summed E-state index contributed by atoms with van der Waals surface area (Å²) in [7, 11) is 0. The van der Waals surface area contributed by atoms with Crippen LogP contribution in [0.2, 0.25) is 0 Å². The average Bonchev–Trinajstić information content (AvgIpc) is 3.04. The highest BCUT2D eigenvalue weighted by Crippen LogP contribution is 2.34. The summed E-state index contributed by atoms with van der Waals surface area (Å²) in [5.41, 5.74) is 1.08. The van der Waals surface area contributed by atoms with E-state index in [1.54, 1.807) is 36.4 Å². The number of esters is 1. The number of hydrogen-bond acceptors (Lipinski definition) is 7. The van der Waals surface area contributed by atoms with Crippen LogP contribution in [0.15, 0.2) is 54.6 Å². The van der Waals surface area contributed by atoms with Crippen LogP contribution < -0.4 is 0 Å². The number of hydrogen-bond donors (Lipinski definition) is 2. The van der Waals surface area contributed by atoms with Crippen LogP contribution in [-0.2, 0) is 20.9 Å². The minimum absolute atomic E-state index is 0.0590. The largest absolute Gasteiger partial charge is 0.459 e. The van der Waals surface area contributed by atoms with Crippen molar-refractivity contribution in [1.82, 2.24) is 9.80 Å². The van der Waals surface area contributed by atoms with Gasteiger partial charge in [0.1, 0.15) is 12.6 Å². The van der Waals surface area contributed by atoms with E-state index in [0.29, 0.717) is 0 Å². The van der Waals surface area contributed by atoms with Gasteiger partial charge in [-0.3, -0.25) is 19.3 Å². The van der Waals surface area contributed by atoms with Crippen molar-refractivity contribution >= 4 is 23.7 Å². The third kappa shape index (κ3) is 3.45. The van der Waals surface area contributed by atoms with Crippen molar-refractivity contribution < 1.29 is 34.1 Å². The zero-order valence-electron chi connectivity index (χ0n) is 17.2. The molecular weight excluding hydrogens is 416 g/mol. The molecule has 3 unspecified atom stereocenters. The predicted molar refractivity (Wildman–Crippen MR) is 110 cm³/mol. The van der Waals surface area contributed by atoms with Crippen LogP contribution in [0.1, 0.15) is 33.2 Å². The fourth-order valence-electron chi connectivity index (χ4n) is 4.18. The normalized spacial score (nSPS) is 21.8. The van der Waals surface area contributed by atoms with E-state index >= 15 is 0 Å². The summed E-state index contributed by atoms with van der Waals surface area (Å²) < 4.78 is 5.28. The van der Waals surface area contributed by atoms with Crippen LogP contribution in [0.4, 0.5) is 0 Å². The van der Waals surface area contributed by atoms with Gasteiger partial charge in [0.2, 0.25) is 5.91 Å². The number of rotatable bonds is 7. The number of carbonyl (C=O) groups is 4. The number of aliphatic hydroxyl groups is 2. The van der Waals surface area contributed by atoms with Crippen molar-refractivity contribution in [2.75, 3.05) is 6.61 Å². The number of carbonyl (C=O) groups excluding carboxylic acids is 4. The summed E-state index contributed by atoms with van der Waals surface area (Å²) in [6, 6.07) is 11.4. The second-order valence-electron chi connectivity index (χ2n) is 7.74. The summed E-state index contributed by atoms with van der Waals surface area (Å²) in [5.74, 6) is -2.85. The van der Waals surface area contributed by atoms with Crippen LogP contribution in [0, 0.1) is 0 Å². The predicted octanol–water partition coefficient (Wildman–Crippen LogP) is 0.347. The van der Waals surface area contributed by atoms with Crippen LogP contribution in [0.5, 0.6) is 0 Å². The van der Waals surface area contributed by atoms with Crippen molar-refractivity contribution in [3.8, 4) is 0 Å². The molecular formula is C23H22N2O7. The Hall–Kier alpha value is -3.56. The third-order valence-corrected chi connectivity index (χ3v) is 5.74. The van der Waals surface area contributed by atoms with Gasteiger partial charge in [0, 0.05) is 0 Å². The summed E-state index contributed by atoms with van der Waals surface area (Å²) in [6.45, 7) is 0.654. The van der Waals surface area contributed by atoms with Gasteiger partial charge in [0.25, 0.3) is 11.8 Å². The van der Waals surface area contributed by atoms with Gasteiger partial charge >= 0.3 is 5.97 Å². The molecule has 1 saturated heterocycles. The number of likely N-dealkylation sites (tertiary alicyclic amines) is 1. The van der Waals surface area contributed by atoms with Crippen molar-refractivity contribution in [2.24, 2.45) is 0 Å². The van der Waals surface area contributed by atoms with Crippen LogP contribution >= 0.6 is 0 Å². The molecule has 2 aliphatic rings. The highest BCUT2D eigenvalue weighted by molar-refractivity contribution is 6.23. The van der Waals surface area contributed by atoms with E-state index in [-0.39, 0.29) is 17.7 Å². The number of β-lactam (4-membered cyclic amide) rings is 1. The van der Waals surface area contributed by atoms with Crippen molar-refractivity contribution in [2.45, 2.75) is 37.8 Å². The van der Waals surface area contributed by atoms with Crippen molar-refractivity contribution in [1.29, 1.82) is 0 Å². The topological polar surface area (TPSA) is 124 Å². The zero-order chi connectivity index (χ0) is 23.0. The lowest BCUT2D eigenvalue weighted by Gasteiger charge is -2.51. The smallest absolute Gasteiger partial charge is 0.331 e. The molecule has 0 aliphatic carbocycles. The second-order valence-corrected chi connectivity index (χ2v) is 7.74. The van der Waals surface area contributed by atoms with E-state index in [2.05, 4.69) is 0 Å². The Labute approximate surface area is 183 Å². The second kappa shape index (κ2) is 8.52. The van der Waals surface area contributed by atoms with Crippen LogP contribution in [-0.4, -0.2) is 74.5 Å². The Kier molecular flexibility index (Phi) is 5.77. The Morgan fingerprint density at radius 1 is 1.00 bits per heavy atom. The van der Waals surface area contributed by atoms with Gasteiger partial charge in [-0.05, 0) is 24.6 Å². The summed E-state index contributed by atoms with van der Waals surface area (Å²) in [6.07, 6.45) is -1.31. The standard InChI is InChI=1S/C23H22N2O7/c1-13(27)18(23(31)32-12-14-7-3-2-4-8-14)24-17(11-26)19(22(24)30)25-20(28)15-9-5-6-10-16(15)21(25)29/h2-10,13,17-19,26-27H,11-12H2,1H3/t13-,17?,18?,19?/m1/s1. The average molecular weight is 438 g/mol. The maximum absolute atomic E-state index is 13.0. The molecule has 4 atom stereocenters. The van der Waals surface area contributed by atoms with E-state index in [1.165, 1.54) is 19.1 Å². The first-order valence-electron chi connectivity index (χ1n) is 10.2. The molecule has 9 nitrogen and oxygen atoms in total. The van der Waals surface area contributed by atoms with Crippen LogP contribution in [0.3, 0.4) is 0 Å². The number of benzene rings is 2. The molecule has 1 fully saturated rings. The SMILES string of the molecule is C[C@@H](O)C(C(=O)OCc1ccccc1)N1C(=O)C(N2C(=O)c3ccccc3C2=O)C1CO. The molecule has 0 spiro atoms. The fourth-order valence-corrected chi connectivity index (χ4v) is 4.18. The van der Waals surface area contributed by atoms with Crippen molar-refractivity contribution in [3.05, 3.63) is 71.3 Å². The summed E-state index contributed by atoms with van der Waals surface area (Å²) in [5, 5.41) is 20.2. The van der Waals surface area contributed by atoms with E-state index in [0.717, 1.165) is 15.4 Å². The minimum Gasteiger partial charge on any atom is -0.459 e. The summed E-state index contributed by atoms with van der Waals surface area (Å²) in [4.78, 5) is 53.1. The highest BCUT2D eigenvalue weighted by atomic mass is 16.5. The minimum atomic E-state index is -1.39. The first kappa shape index (κ1) is 21.7. The highest BCUT2D eigenvalue weighted by Gasteiger charge is 2.59. The lowest BCUT2D eigenvalue weighted by atomic mass is 9.90. The quantitative estimate of drug-likeness (QED) is 0.363. The first-order valence-corrected chi connectivity index (χ1v) is 10.2. The van der Waals surface area contributed by atoms with Crippen molar-refractivity contribution in [3.63, 3.8) is 0 Å². The van der Waals surface area contributed by atoms with Gasteiger partial charge in [-0.2, -0.15) is 0 Å². The van der Waals surface area contributed by atoms with Crippen LogP contribution in [0.25, 0.3) is 0 Å². The molecule has 2 heterocycles. The number of imide groups is 1. The van der Waals surface area contributed by atoms with Gasteiger partial charge in [-0.15, -0.1) is 0 Å². The molecule has 0 bridgehead atoms. The number of fused-ring (bicyclic) bond motifs is 1. The molecule has 0 saturated carbocycles. The molecule has 2 aliphatic heterocycles. The first-order chi connectivity index (χ1) is 15.4. The van der Waals surface area contributed by atoms with E-state index < -0.39 is 54.5 Å². The number of aliphatic hydroxyl groups excluding tert-OH is 2. The van der Waals surface area contributed by atoms with Gasteiger partial charge < -0.3 is 19.8 Å². The number of ether oxygens (including phenoxy) is 1. The van der Waals surface area contributed by atoms with Gasteiger partial charge in [-0.25, -0.2) is 4.79 Å². The molecule has 0 radical (unpaired) electrons. The Morgan fingerprint density at radius 3 is 2.09 bits per heavy atom. The van der Waals surface area contributed by atoms with Gasteiger partial charge in [-0.1, -0.05) is 42.5 Å². The molecule has 4 rings (SSSR count). The molecule has 0 aromatic heterocycles. The Morgan fingerprint density at radius 2 is 1.56 bits per heavy atom. The molecule has 9 heteroatoms. The number of amides is 3. The molecule has 2 N–H and O–H groups in total. The lowest BCUT2D eigenvalue weighted by Crippen LogP contribution is -2.77. The molecule has 166 valence electrons. The van der Waals surface area contributed by atoms with E-state index in [4.69, 9.17) is 4.74 Å². The van der Waals surface area contributed by atoms with Gasteiger partial charge in [0.15, 0.2) is 6.04 Å². The monoisotopic (exact) mass is 438 g/mol. The lowest BCUT2D eigenvalue weighted by molar-refractivity contribution is -0.180. The fraction of sp³-hybridized carbons (Fsp3) is 0.304. The molecule has 3 amide bonds. The Bertz CT molecular complexity index is 1030. The maximum atomic E-state index is 13.0. The molecule has 2 aromatic rings. The molecule has 2 aromatic carbocycles. The molecule has 32 heavy (non-hydrogen) atoms. The summed E-state index contributed by atoms with van der Waals surface area (Å²) >= 11 is 0. The number of nitrogens with zero attached hydrogens (tertiary/aromatic N) is 2. The van der Waals surface area contributed by atoms with Gasteiger partial charge in [0.05, 0.1) is 29.9 Å². The van der Waals surface area contributed by atoms with E-state index in [1.807, 2.05) is 6.07 Å². The zero-order valence-corrected chi connectivity index (χ0v) is 17.2. The maximum Gasteiger partial charge on any atom is 0.331 e. The third-order valence-electron chi connectivity index (χ3n) is 5.74. The Balaban J connectivity index is 1.54.